The van der Waals surface area contributed by atoms with Gasteiger partial charge >= 0.3 is 6.03 Å². The monoisotopic (exact) mass is 321 g/mol. The van der Waals surface area contributed by atoms with Crippen molar-refractivity contribution in [2.24, 2.45) is 0 Å². The minimum absolute atomic E-state index is 0.0316. The number of hydrogen-bond donors (Lipinski definition) is 2. The number of likely N-dealkylation sites (tertiary alicyclic amines) is 1. The lowest BCUT2D eigenvalue weighted by Gasteiger charge is -2.32. The maximum atomic E-state index is 12.4. The van der Waals surface area contributed by atoms with Crippen molar-refractivity contribution in [3.63, 3.8) is 0 Å². The smallest absolute Gasteiger partial charge is 0.321 e. The molecule has 2 rings (SSSR count). The van der Waals surface area contributed by atoms with Crippen LogP contribution in [0.1, 0.15) is 19.8 Å². The molecule has 7 nitrogen and oxygen atoms in total. The van der Waals surface area contributed by atoms with Gasteiger partial charge in [0.2, 0.25) is 5.91 Å². The van der Waals surface area contributed by atoms with Crippen LogP contribution in [0.3, 0.4) is 0 Å². The molecule has 0 saturated carbocycles. The van der Waals surface area contributed by atoms with Crippen LogP contribution in [0.25, 0.3) is 0 Å². The zero-order valence-corrected chi connectivity index (χ0v) is 13.7. The number of carbonyl (C=O) groups is 2. The molecule has 0 aromatic heterocycles. The third kappa shape index (κ3) is 4.51. The highest BCUT2D eigenvalue weighted by Crippen LogP contribution is 2.29. The fourth-order valence-electron chi connectivity index (χ4n) is 2.61. The Balaban J connectivity index is 1.94. The average molecular weight is 321 g/mol. The molecule has 0 atom stereocenters. The van der Waals surface area contributed by atoms with Crippen molar-refractivity contribution in [2.45, 2.75) is 25.8 Å². The molecule has 1 aromatic rings. The summed E-state index contributed by atoms with van der Waals surface area (Å²) in [6.07, 6.45) is 1.51. The summed E-state index contributed by atoms with van der Waals surface area (Å²) in [4.78, 5) is 25.2. The summed E-state index contributed by atoms with van der Waals surface area (Å²) in [6, 6.07) is 5.21. The summed E-state index contributed by atoms with van der Waals surface area (Å²) in [5.74, 6) is 1.18. The lowest BCUT2D eigenvalue weighted by molar-refractivity contribution is -0.119. The van der Waals surface area contributed by atoms with Gasteiger partial charge in [-0.2, -0.15) is 0 Å². The number of ether oxygens (including phenoxy) is 2. The van der Waals surface area contributed by atoms with Crippen molar-refractivity contribution >= 4 is 17.6 Å². The first-order chi connectivity index (χ1) is 11.0. The predicted molar refractivity (Wildman–Crippen MR) is 87.0 cm³/mol. The Morgan fingerprint density at radius 3 is 2.43 bits per heavy atom. The Hall–Kier alpha value is -2.44. The number of amides is 3. The molecule has 23 heavy (non-hydrogen) atoms. The molecule has 2 N–H and O–H groups in total. The first-order valence-electron chi connectivity index (χ1n) is 7.58. The molecule has 7 heteroatoms. The Kier molecular flexibility index (Phi) is 5.67. The zero-order chi connectivity index (χ0) is 16.8. The lowest BCUT2D eigenvalue weighted by atomic mass is 10.1. The van der Waals surface area contributed by atoms with Crippen molar-refractivity contribution in [1.82, 2.24) is 10.2 Å². The first kappa shape index (κ1) is 16.9. The van der Waals surface area contributed by atoms with Gasteiger partial charge in [-0.15, -0.1) is 0 Å². The normalized spacial score (nSPS) is 15.0. The molecule has 1 aliphatic rings. The molecule has 1 heterocycles. The van der Waals surface area contributed by atoms with Gasteiger partial charge < -0.3 is 25.0 Å². The van der Waals surface area contributed by atoms with E-state index in [1.807, 2.05) is 0 Å². The molecule has 0 aliphatic carbocycles. The second-order valence-corrected chi connectivity index (χ2v) is 5.46. The quantitative estimate of drug-likeness (QED) is 0.887. The molecule has 126 valence electrons. The molecule has 0 bridgehead atoms. The minimum Gasteiger partial charge on any atom is -0.497 e. The fourth-order valence-corrected chi connectivity index (χ4v) is 2.61. The molecule has 1 aromatic carbocycles. The van der Waals surface area contributed by atoms with Crippen molar-refractivity contribution in [2.75, 3.05) is 32.6 Å². The lowest BCUT2D eigenvalue weighted by Crippen LogP contribution is -2.47. The van der Waals surface area contributed by atoms with Gasteiger partial charge in [0.25, 0.3) is 0 Å². The predicted octanol–water partition coefficient (Wildman–Crippen LogP) is 1.84. The van der Waals surface area contributed by atoms with E-state index in [1.165, 1.54) is 6.92 Å². The minimum atomic E-state index is -0.172. The summed E-state index contributed by atoms with van der Waals surface area (Å²) < 4.78 is 10.4. The molecule has 1 saturated heterocycles. The SMILES string of the molecule is COc1ccc(NC(=O)N2CCC(NC(C)=O)CC2)c(OC)c1. The van der Waals surface area contributed by atoms with Crippen molar-refractivity contribution < 1.29 is 19.1 Å². The van der Waals surface area contributed by atoms with Crippen molar-refractivity contribution in [1.29, 1.82) is 0 Å². The summed E-state index contributed by atoms with van der Waals surface area (Å²) in [7, 11) is 3.12. The number of methoxy groups -OCH3 is 2. The molecular formula is C16H23N3O4. The Morgan fingerprint density at radius 1 is 1.17 bits per heavy atom. The van der Waals surface area contributed by atoms with Crippen LogP contribution in [0.4, 0.5) is 10.5 Å². The van der Waals surface area contributed by atoms with Gasteiger partial charge in [0.05, 0.1) is 19.9 Å². The second kappa shape index (κ2) is 7.71. The van der Waals surface area contributed by atoms with E-state index in [0.29, 0.717) is 30.3 Å². The molecule has 0 unspecified atom stereocenters. The maximum Gasteiger partial charge on any atom is 0.321 e. The molecule has 0 radical (unpaired) electrons. The highest BCUT2D eigenvalue weighted by Gasteiger charge is 2.23. The summed E-state index contributed by atoms with van der Waals surface area (Å²) in [5, 5.41) is 5.75. The van der Waals surface area contributed by atoms with E-state index in [4.69, 9.17) is 9.47 Å². The van der Waals surface area contributed by atoms with E-state index in [-0.39, 0.29) is 18.0 Å². The van der Waals surface area contributed by atoms with Gasteiger partial charge in [-0.1, -0.05) is 0 Å². The number of nitrogens with zero attached hydrogens (tertiary/aromatic N) is 1. The van der Waals surface area contributed by atoms with Crippen molar-refractivity contribution in [3.05, 3.63) is 18.2 Å². The third-order valence-corrected chi connectivity index (χ3v) is 3.84. The third-order valence-electron chi connectivity index (χ3n) is 3.84. The summed E-state index contributed by atoms with van der Waals surface area (Å²) in [5.41, 5.74) is 0.599. The first-order valence-corrected chi connectivity index (χ1v) is 7.58. The van der Waals surface area contributed by atoms with Crippen LogP contribution in [-0.4, -0.2) is 50.2 Å². The number of carbonyl (C=O) groups excluding carboxylic acids is 2. The summed E-state index contributed by atoms with van der Waals surface area (Å²) >= 11 is 0. The van der Waals surface area contributed by atoms with E-state index < -0.39 is 0 Å². The number of urea groups is 1. The van der Waals surface area contributed by atoms with Gasteiger partial charge in [-0.05, 0) is 25.0 Å². The number of benzene rings is 1. The zero-order valence-electron chi connectivity index (χ0n) is 13.7. The summed E-state index contributed by atoms with van der Waals surface area (Å²) in [6.45, 7) is 2.72. The number of piperidine rings is 1. The van der Waals surface area contributed by atoms with Gasteiger partial charge in [-0.25, -0.2) is 4.79 Å². The van der Waals surface area contributed by atoms with Gasteiger partial charge in [0.1, 0.15) is 11.5 Å². The van der Waals surface area contributed by atoms with Crippen LogP contribution in [0.5, 0.6) is 11.5 Å². The largest absolute Gasteiger partial charge is 0.497 e. The molecule has 1 aliphatic heterocycles. The number of hydrogen-bond acceptors (Lipinski definition) is 4. The van der Waals surface area contributed by atoms with E-state index >= 15 is 0 Å². The van der Waals surface area contributed by atoms with E-state index in [9.17, 15) is 9.59 Å². The Morgan fingerprint density at radius 2 is 1.87 bits per heavy atom. The van der Waals surface area contributed by atoms with Crippen LogP contribution in [0.15, 0.2) is 18.2 Å². The molecule has 1 fully saturated rings. The number of anilines is 1. The second-order valence-electron chi connectivity index (χ2n) is 5.46. The molecule has 3 amide bonds. The van der Waals surface area contributed by atoms with E-state index in [1.54, 1.807) is 37.3 Å². The maximum absolute atomic E-state index is 12.4. The van der Waals surface area contributed by atoms with Crippen LogP contribution in [0.2, 0.25) is 0 Å². The standard InChI is InChI=1S/C16H23N3O4/c1-11(20)17-12-6-8-19(9-7-12)16(21)18-14-5-4-13(22-2)10-15(14)23-3/h4-5,10,12H,6-9H2,1-3H3,(H,17,20)(H,18,21). The van der Waals surface area contributed by atoms with Crippen LogP contribution in [-0.2, 0) is 4.79 Å². The van der Waals surface area contributed by atoms with Crippen molar-refractivity contribution in [3.8, 4) is 11.5 Å². The van der Waals surface area contributed by atoms with Gasteiger partial charge in [-0.3, -0.25) is 4.79 Å². The van der Waals surface area contributed by atoms with E-state index in [2.05, 4.69) is 10.6 Å². The topological polar surface area (TPSA) is 79.9 Å². The Bertz CT molecular complexity index is 568. The highest BCUT2D eigenvalue weighted by molar-refractivity contribution is 5.91. The Labute approximate surface area is 135 Å². The fraction of sp³-hybridized carbons (Fsp3) is 0.500. The van der Waals surface area contributed by atoms with Gasteiger partial charge in [0, 0.05) is 32.1 Å². The molecular weight excluding hydrogens is 298 g/mol. The van der Waals surface area contributed by atoms with Crippen LogP contribution < -0.4 is 20.1 Å². The number of nitrogens with one attached hydrogen (secondary N) is 2. The average Bonchev–Trinajstić information content (AvgIpc) is 2.55. The molecule has 0 spiro atoms. The highest BCUT2D eigenvalue weighted by atomic mass is 16.5. The van der Waals surface area contributed by atoms with Crippen LogP contribution in [0, 0.1) is 0 Å². The van der Waals surface area contributed by atoms with Crippen LogP contribution >= 0.6 is 0 Å². The number of rotatable bonds is 4. The van der Waals surface area contributed by atoms with E-state index in [0.717, 1.165) is 12.8 Å². The van der Waals surface area contributed by atoms with Gasteiger partial charge in [0.15, 0.2) is 0 Å².